The van der Waals surface area contributed by atoms with Crippen molar-refractivity contribution in [3.05, 3.63) is 40.9 Å². The third-order valence-corrected chi connectivity index (χ3v) is 6.28. The van der Waals surface area contributed by atoms with Crippen molar-refractivity contribution in [1.82, 2.24) is 14.6 Å². The summed E-state index contributed by atoms with van der Waals surface area (Å²) in [6.07, 6.45) is 0. The van der Waals surface area contributed by atoms with E-state index >= 15 is 0 Å². The van der Waals surface area contributed by atoms with Crippen LogP contribution >= 0.6 is 11.3 Å². The lowest BCUT2D eigenvalue weighted by molar-refractivity contribution is -0.143. The van der Waals surface area contributed by atoms with Gasteiger partial charge in [-0.3, -0.25) is 19.6 Å². The molecule has 0 radical (unpaired) electrons. The first-order valence-electron chi connectivity index (χ1n) is 9.59. The highest BCUT2D eigenvalue weighted by molar-refractivity contribution is 7.84. The Labute approximate surface area is 197 Å². The fraction of sp³-hybridized carbons (Fsp3) is 0.278. The molecule has 7 N–H and O–H groups in total. The molecule has 14 nitrogen and oxygen atoms in total. The molecule has 2 aromatic rings. The number of rotatable bonds is 10. The van der Waals surface area contributed by atoms with E-state index in [0.717, 1.165) is 11.3 Å². The van der Waals surface area contributed by atoms with Crippen LogP contribution in [0.2, 0.25) is 0 Å². The van der Waals surface area contributed by atoms with Gasteiger partial charge in [-0.2, -0.15) is 8.42 Å². The molecule has 2 unspecified atom stereocenters. The highest BCUT2D eigenvalue weighted by atomic mass is 32.2. The van der Waals surface area contributed by atoms with E-state index in [1.807, 2.05) is 0 Å². The van der Waals surface area contributed by atoms with Crippen LogP contribution in [-0.4, -0.2) is 70.9 Å². The zero-order valence-electron chi connectivity index (χ0n) is 17.7. The van der Waals surface area contributed by atoms with Gasteiger partial charge in [-0.1, -0.05) is 17.3 Å². The molecule has 182 valence electrons. The van der Waals surface area contributed by atoms with Gasteiger partial charge >= 0.3 is 10.3 Å². The Morgan fingerprint density at radius 2 is 2.15 bits per heavy atom. The van der Waals surface area contributed by atoms with E-state index < -0.39 is 34.2 Å². The standard InChI is InChI=1S/C18H21N7O7S2/c1-9-13(17(27)25(9)34(28,29)30)23-16(26)14(12-8-33-18(21)22-12)24-32-6-5-31-11-4-2-3-10(7-11)15(19)20/h2-4,7-9,13H,5-6H2,1H3,(H3,19,20)(H2,21,22)(H,23,26)(H,28,29,30)/b24-14-. The highest BCUT2D eigenvalue weighted by Gasteiger charge is 2.51. The average Bonchev–Trinajstić information content (AvgIpc) is 3.19. The van der Waals surface area contributed by atoms with Crippen LogP contribution in [0.25, 0.3) is 0 Å². The number of aromatic nitrogens is 1. The van der Waals surface area contributed by atoms with Crippen molar-refractivity contribution in [3.8, 4) is 5.75 Å². The van der Waals surface area contributed by atoms with Gasteiger partial charge in [0.2, 0.25) is 0 Å². The molecule has 2 heterocycles. The number of ether oxygens (including phenoxy) is 1. The topological polar surface area (TPSA) is 223 Å². The number of benzene rings is 1. The van der Waals surface area contributed by atoms with Crippen LogP contribution in [0.3, 0.4) is 0 Å². The number of anilines is 1. The Morgan fingerprint density at radius 3 is 2.74 bits per heavy atom. The van der Waals surface area contributed by atoms with Crippen LogP contribution in [-0.2, 0) is 24.7 Å². The first-order valence-corrected chi connectivity index (χ1v) is 11.9. The molecule has 0 bridgehead atoms. The van der Waals surface area contributed by atoms with Gasteiger partial charge in [-0.05, 0) is 19.1 Å². The van der Waals surface area contributed by atoms with Gasteiger partial charge in [0.05, 0.1) is 6.04 Å². The van der Waals surface area contributed by atoms with E-state index in [9.17, 15) is 18.0 Å². The van der Waals surface area contributed by atoms with E-state index in [2.05, 4.69) is 15.5 Å². The van der Waals surface area contributed by atoms with Crippen LogP contribution < -0.4 is 21.5 Å². The molecular weight excluding hydrogens is 490 g/mol. The second-order valence-corrected chi connectivity index (χ2v) is 9.12. The lowest BCUT2D eigenvalue weighted by Gasteiger charge is -2.42. The number of nitrogen functional groups attached to an aromatic ring is 2. The van der Waals surface area contributed by atoms with Crippen molar-refractivity contribution in [2.24, 2.45) is 10.9 Å². The van der Waals surface area contributed by atoms with E-state index in [0.29, 0.717) is 11.3 Å². The molecule has 1 fully saturated rings. The van der Waals surface area contributed by atoms with Gasteiger partial charge in [-0.25, -0.2) is 9.29 Å². The number of oxime groups is 1. The summed E-state index contributed by atoms with van der Waals surface area (Å²) < 4.78 is 37.3. The number of β-lactam (4-membered cyclic amide) rings is 1. The number of hydrogen-bond donors (Lipinski definition) is 5. The van der Waals surface area contributed by atoms with Gasteiger partial charge in [0.15, 0.2) is 17.5 Å². The molecule has 1 aromatic heterocycles. The number of nitrogens with one attached hydrogen (secondary N) is 2. The SMILES string of the molecule is CC1C(NC(=O)/C(=N\OCCOc2cccc(C(=N)N)c2)c2csc(N)n2)C(=O)N1S(=O)(=O)O. The number of amidine groups is 1. The van der Waals surface area contributed by atoms with Gasteiger partial charge in [0, 0.05) is 10.9 Å². The number of nitrogens with two attached hydrogens (primary N) is 2. The Balaban J connectivity index is 1.63. The van der Waals surface area contributed by atoms with Crippen molar-refractivity contribution < 1.29 is 32.1 Å². The van der Waals surface area contributed by atoms with Crippen LogP contribution in [0.5, 0.6) is 5.75 Å². The minimum absolute atomic E-state index is 0.0421. The minimum atomic E-state index is -4.74. The highest BCUT2D eigenvalue weighted by Crippen LogP contribution is 2.23. The zero-order valence-corrected chi connectivity index (χ0v) is 19.3. The first kappa shape index (κ1) is 24.9. The lowest BCUT2D eigenvalue weighted by Crippen LogP contribution is -2.71. The molecule has 34 heavy (non-hydrogen) atoms. The molecule has 2 amide bonds. The molecule has 1 aliphatic rings. The van der Waals surface area contributed by atoms with Crippen molar-refractivity contribution in [3.63, 3.8) is 0 Å². The molecule has 0 saturated carbocycles. The van der Waals surface area contributed by atoms with E-state index in [-0.39, 0.29) is 39.9 Å². The summed E-state index contributed by atoms with van der Waals surface area (Å²) in [5, 5.41) is 15.2. The van der Waals surface area contributed by atoms with Crippen LogP contribution in [0.15, 0.2) is 34.8 Å². The maximum Gasteiger partial charge on any atom is 0.362 e. The molecule has 1 aromatic carbocycles. The molecular formula is C18H21N7O7S2. The van der Waals surface area contributed by atoms with Gasteiger partial charge in [-0.15, -0.1) is 11.3 Å². The average molecular weight is 512 g/mol. The monoisotopic (exact) mass is 511 g/mol. The zero-order chi connectivity index (χ0) is 25.0. The second kappa shape index (κ2) is 10.0. The van der Waals surface area contributed by atoms with Crippen molar-refractivity contribution in [2.45, 2.75) is 19.0 Å². The largest absolute Gasteiger partial charge is 0.490 e. The smallest absolute Gasteiger partial charge is 0.362 e. The number of carbonyl (C=O) groups is 2. The normalized spacial score (nSPS) is 18.2. The van der Waals surface area contributed by atoms with E-state index in [1.165, 1.54) is 12.3 Å². The maximum atomic E-state index is 12.7. The molecule has 2 atom stereocenters. The third-order valence-electron chi connectivity index (χ3n) is 4.59. The molecule has 1 saturated heterocycles. The fourth-order valence-electron chi connectivity index (χ4n) is 2.97. The summed E-state index contributed by atoms with van der Waals surface area (Å²) in [4.78, 5) is 33.9. The number of carbonyl (C=O) groups excluding carboxylic acids is 2. The first-order chi connectivity index (χ1) is 16.0. The van der Waals surface area contributed by atoms with Gasteiger partial charge in [0.25, 0.3) is 11.8 Å². The van der Waals surface area contributed by atoms with Gasteiger partial charge in [0.1, 0.15) is 29.9 Å². The maximum absolute atomic E-state index is 12.7. The third kappa shape index (κ3) is 5.59. The number of amides is 2. The van der Waals surface area contributed by atoms with Gasteiger partial charge < -0.3 is 26.4 Å². The summed E-state index contributed by atoms with van der Waals surface area (Å²) >= 11 is 1.05. The molecule has 16 heteroatoms. The molecule has 3 rings (SSSR count). The van der Waals surface area contributed by atoms with Crippen molar-refractivity contribution in [2.75, 3.05) is 18.9 Å². The van der Waals surface area contributed by atoms with E-state index in [4.69, 9.17) is 31.0 Å². The second-order valence-electron chi connectivity index (χ2n) is 6.94. The molecule has 0 spiro atoms. The summed E-state index contributed by atoms with van der Waals surface area (Å²) in [6, 6.07) is 4.37. The molecule has 0 aliphatic carbocycles. The quantitative estimate of drug-likeness (QED) is 0.0675. The summed E-state index contributed by atoms with van der Waals surface area (Å²) in [6.45, 7) is 1.31. The molecule has 1 aliphatic heterocycles. The Kier molecular flexibility index (Phi) is 7.33. The summed E-state index contributed by atoms with van der Waals surface area (Å²) in [5.74, 6) is -1.52. The van der Waals surface area contributed by atoms with Crippen LogP contribution in [0.4, 0.5) is 5.13 Å². The van der Waals surface area contributed by atoms with Crippen molar-refractivity contribution in [1.29, 1.82) is 5.41 Å². The fourth-order valence-corrected chi connectivity index (χ4v) is 4.41. The van der Waals surface area contributed by atoms with Crippen molar-refractivity contribution >= 4 is 50.1 Å². The predicted octanol–water partition coefficient (Wildman–Crippen LogP) is -0.673. The summed E-state index contributed by atoms with van der Waals surface area (Å²) in [5.41, 5.74) is 11.3. The Bertz CT molecular complexity index is 1240. The summed E-state index contributed by atoms with van der Waals surface area (Å²) in [7, 11) is -4.74. The number of hydrogen-bond acceptors (Lipinski definition) is 11. The minimum Gasteiger partial charge on any atom is -0.490 e. The van der Waals surface area contributed by atoms with Crippen LogP contribution in [0.1, 0.15) is 18.2 Å². The van der Waals surface area contributed by atoms with Crippen LogP contribution in [0, 0.1) is 5.41 Å². The Morgan fingerprint density at radius 1 is 1.41 bits per heavy atom. The lowest BCUT2D eigenvalue weighted by atomic mass is 10.0. The number of thiazole rings is 1. The number of nitrogens with zero attached hydrogens (tertiary/aromatic N) is 3. The Hall–Kier alpha value is -3.76. The predicted molar refractivity (Wildman–Crippen MR) is 122 cm³/mol. The van der Waals surface area contributed by atoms with E-state index in [1.54, 1.807) is 24.3 Å².